The predicted molar refractivity (Wildman–Crippen MR) is 123 cm³/mol. The van der Waals surface area contributed by atoms with E-state index in [0.717, 1.165) is 11.3 Å². The van der Waals surface area contributed by atoms with Gasteiger partial charge in [-0.2, -0.15) is 0 Å². The first-order valence-electron chi connectivity index (χ1n) is 10.3. The van der Waals surface area contributed by atoms with Crippen LogP contribution in [0.4, 0.5) is 11.4 Å². The van der Waals surface area contributed by atoms with Gasteiger partial charge in [0.1, 0.15) is 11.5 Å². The molecule has 31 heavy (non-hydrogen) atoms. The number of para-hydroxylation sites is 1. The number of hydrogen-bond donors (Lipinski definition) is 0. The summed E-state index contributed by atoms with van der Waals surface area (Å²) < 4.78 is 6.56. The second kappa shape index (κ2) is 8.38. The van der Waals surface area contributed by atoms with Gasteiger partial charge in [0.15, 0.2) is 0 Å². The molecule has 2 aromatic rings. The molecule has 0 bridgehead atoms. The van der Waals surface area contributed by atoms with E-state index in [4.69, 9.17) is 4.74 Å². The first-order chi connectivity index (χ1) is 14.7. The fourth-order valence-corrected chi connectivity index (χ4v) is 4.26. The van der Waals surface area contributed by atoms with Crippen molar-refractivity contribution in [2.45, 2.75) is 45.3 Å². The van der Waals surface area contributed by atoms with Gasteiger partial charge in [0.05, 0.1) is 10.3 Å². The van der Waals surface area contributed by atoms with Gasteiger partial charge in [-0.05, 0) is 57.5 Å². The summed E-state index contributed by atoms with van der Waals surface area (Å²) >= 11 is 0. The van der Waals surface area contributed by atoms with E-state index in [1.807, 2.05) is 31.2 Å². The van der Waals surface area contributed by atoms with E-state index in [-0.39, 0.29) is 11.5 Å². The molecule has 4 rings (SSSR count). The lowest BCUT2D eigenvalue weighted by Gasteiger charge is -2.47. The Bertz CT molecular complexity index is 1060. The quantitative estimate of drug-likeness (QED) is 0.362. The number of ether oxygens (including phenoxy) is 1. The van der Waals surface area contributed by atoms with Gasteiger partial charge in [0.25, 0.3) is 5.69 Å². The van der Waals surface area contributed by atoms with Gasteiger partial charge in [0, 0.05) is 36.3 Å². The highest BCUT2D eigenvalue weighted by atomic mass is 16.6. The van der Waals surface area contributed by atoms with Crippen molar-refractivity contribution in [2.75, 3.05) is 11.4 Å². The molecule has 2 aliphatic heterocycles. The van der Waals surface area contributed by atoms with Gasteiger partial charge in [-0.1, -0.05) is 24.3 Å². The average Bonchev–Trinajstić information content (AvgIpc) is 2.90. The molecule has 0 radical (unpaired) electrons. The average molecular weight is 421 g/mol. The Morgan fingerprint density at radius 2 is 1.94 bits per heavy atom. The molecule has 0 aromatic heterocycles. The zero-order chi connectivity index (χ0) is 22.8. The monoisotopic (exact) mass is 420 g/mol. The minimum atomic E-state index is -0.810. The van der Waals surface area contributed by atoms with E-state index in [0.29, 0.717) is 24.3 Å². The summed E-state index contributed by atoms with van der Waals surface area (Å²) in [6.45, 7) is 11.6. The number of Topliss-reactive ketones (excluding diaryl/α,β-unsaturated/α-hetero) is 1. The lowest BCUT2D eigenvalue weighted by atomic mass is 9.76. The summed E-state index contributed by atoms with van der Waals surface area (Å²) in [7, 11) is 0. The standard InChI is InChI=1S/C22H22N2O4.C3H6/c1-15(25)11-13-23-19-7-5-4-6-18(19)21(2,3)22(23)12-10-16-14-17(24(26)27)8-9-20(16)28-22;1-3-2/h4-10,12,14H,11,13H2,1-3H3;3H,1H2,2H3. The number of non-ortho nitro benzene ring substituents is 1. The predicted octanol–water partition coefficient (Wildman–Crippen LogP) is 5.67. The molecule has 1 unspecified atom stereocenters. The number of benzene rings is 2. The maximum absolute atomic E-state index is 11.7. The lowest BCUT2D eigenvalue weighted by Crippen LogP contribution is -2.59. The van der Waals surface area contributed by atoms with Crippen molar-refractivity contribution in [1.82, 2.24) is 0 Å². The Morgan fingerprint density at radius 1 is 1.26 bits per heavy atom. The van der Waals surface area contributed by atoms with Crippen LogP contribution in [-0.2, 0) is 10.2 Å². The summed E-state index contributed by atoms with van der Waals surface area (Å²) in [5.74, 6) is 0.718. The molecule has 162 valence electrons. The van der Waals surface area contributed by atoms with Gasteiger partial charge in [-0.15, -0.1) is 6.58 Å². The number of allylic oxidation sites excluding steroid dienone is 1. The van der Waals surface area contributed by atoms with E-state index in [2.05, 4.69) is 37.5 Å². The van der Waals surface area contributed by atoms with E-state index < -0.39 is 16.1 Å². The maximum atomic E-state index is 11.7. The number of fused-ring (bicyclic) bond motifs is 2. The van der Waals surface area contributed by atoms with Crippen LogP contribution >= 0.6 is 0 Å². The summed E-state index contributed by atoms with van der Waals surface area (Å²) in [5.41, 5.74) is 1.70. The highest BCUT2D eigenvalue weighted by Gasteiger charge is 2.58. The molecule has 0 saturated heterocycles. The van der Waals surface area contributed by atoms with Crippen molar-refractivity contribution in [3.8, 4) is 5.75 Å². The minimum Gasteiger partial charge on any atom is -0.463 e. The fraction of sp³-hybridized carbons (Fsp3) is 0.320. The van der Waals surface area contributed by atoms with Crippen molar-refractivity contribution in [2.24, 2.45) is 0 Å². The third-order valence-corrected chi connectivity index (χ3v) is 5.81. The molecule has 0 N–H and O–H groups in total. The van der Waals surface area contributed by atoms with Gasteiger partial charge in [-0.25, -0.2) is 0 Å². The van der Waals surface area contributed by atoms with Crippen LogP contribution in [0.15, 0.2) is 61.2 Å². The largest absolute Gasteiger partial charge is 0.463 e. The molecule has 0 aliphatic carbocycles. The first kappa shape index (κ1) is 22.3. The van der Waals surface area contributed by atoms with Crippen LogP contribution in [0.25, 0.3) is 6.08 Å². The molecule has 1 atom stereocenters. The number of anilines is 1. The Hall–Kier alpha value is -3.41. The zero-order valence-electron chi connectivity index (χ0n) is 18.4. The number of nitrogens with zero attached hydrogens (tertiary/aromatic N) is 2. The number of nitro groups is 1. The fourth-order valence-electron chi connectivity index (χ4n) is 4.26. The normalized spacial score (nSPS) is 19.5. The summed E-state index contributed by atoms with van der Waals surface area (Å²) in [4.78, 5) is 24.5. The highest BCUT2D eigenvalue weighted by molar-refractivity contribution is 5.78. The number of rotatable bonds is 4. The Kier molecular flexibility index (Phi) is 6.02. The van der Waals surface area contributed by atoms with E-state index in [1.165, 1.54) is 12.1 Å². The molecule has 6 nitrogen and oxygen atoms in total. The molecule has 2 heterocycles. The second-order valence-electron chi connectivity index (χ2n) is 8.27. The molecule has 0 saturated carbocycles. The molecule has 1 spiro atoms. The van der Waals surface area contributed by atoms with Crippen molar-refractivity contribution in [3.63, 3.8) is 0 Å². The van der Waals surface area contributed by atoms with Gasteiger partial charge < -0.3 is 9.64 Å². The summed E-state index contributed by atoms with van der Waals surface area (Å²) in [6, 6.07) is 12.8. The van der Waals surface area contributed by atoms with Crippen LogP contribution in [0.1, 0.15) is 45.2 Å². The van der Waals surface area contributed by atoms with Crippen molar-refractivity contribution in [1.29, 1.82) is 0 Å². The SMILES string of the molecule is C=CC.CC(=O)CCN1c2ccccc2C(C)(C)C12C=Cc1cc([N+](=O)[O-])ccc1O2. The van der Waals surface area contributed by atoms with E-state index in [9.17, 15) is 14.9 Å². The Balaban J connectivity index is 0.000000858. The van der Waals surface area contributed by atoms with Crippen molar-refractivity contribution < 1.29 is 14.5 Å². The van der Waals surface area contributed by atoms with Gasteiger partial charge in [-0.3, -0.25) is 14.9 Å². The van der Waals surface area contributed by atoms with Gasteiger partial charge >= 0.3 is 0 Å². The summed E-state index contributed by atoms with van der Waals surface area (Å²) in [6.07, 6.45) is 6.02. The molecule has 2 aromatic carbocycles. The van der Waals surface area contributed by atoms with Crippen LogP contribution < -0.4 is 9.64 Å². The van der Waals surface area contributed by atoms with Crippen LogP contribution in [0.5, 0.6) is 5.75 Å². The molecule has 0 fully saturated rings. The number of carbonyl (C=O) groups excluding carboxylic acids is 1. The molecular weight excluding hydrogens is 392 g/mol. The van der Waals surface area contributed by atoms with Crippen molar-refractivity contribution in [3.05, 3.63) is 82.4 Å². The third-order valence-electron chi connectivity index (χ3n) is 5.81. The number of nitro benzene ring substituents is 1. The molecule has 6 heteroatoms. The highest BCUT2D eigenvalue weighted by Crippen LogP contribution is 2.55. The van der Waals surface area contributed by atoms with E-state index in [1.54, 1.807) is 19.1 Å². The number of ketones is 1. The van der Waals surface area contributed by atoms with Crippen LogP contribution in [-0.4, -0.2) is 23.0 Å². The lowest BCUT2D eigenvalue weighted by molar-refractivity contribution is -0.384. The third kappa shape index (κ3) is 3.74. The first-order valence-corrected chi connectivity index (χ1v) is 10.3. The number of carbonyl (C=O) groups is 1. The number of hydrogen-bond acceptors (Lipinski definition) is 5. The Morgan fingerprint density at radius 3 is 2.58 bits per heavy atom. The topological polar surface area (TPSA) is 72.7 Å². The van der Waals surface area contributed by atoms with Crippen LogP contribution in [0, 0.1) is 10.1 Å². The van der Waals surface area contributed by atoms with Gasteiger partial charge in [0.2, 0.25) is 5.72 Å². The Labute approximate surface area is 183 Å². The molecular formula is C25H28N2O4. The zero-order valence-corrected chi connectivity index (χ0v) is 18.4. The second-order valence-corrected chi connectivity index (χ2v) is 8.27. The van der Waals surface area contributed by atoms with E-state index >= 15 is 0 Å². The molecule has 2 aliphatic rings. The molecule has 0 amide bonds. The summed E-state index contributed by atoms with van der Waals surface area (Å²) in [5, 5.41) is 11.1. The van der Waals surface area contributed by atoms with Crippen LogP contribution in [0.3, 0.4) is 0 Å². The van der Waals surface area contributed by atoms with Crippen LogP contribution in [0.2, 0.25) is 0 Å². The maximum Gasteiger partial charge on any atom is 0.270 e. The minimum absolute atomic E-state index is 0.0327. The smallest absolute Gasteiger partial charge is 0.270 e. The van der Waals surface area contributed by atoms with Crippen molar-refractivity contribution >= 4 is 23.2 Å².